The van der Waals surface area contributed by atoms with E-state index in [1.54, 1.807) is 16.8 Å². The summed E-state index contributed by atoms with van der Waals surface area (Å²) in [6, 6.07) is 6.97. The van der Waals surface area contributed by atoms with Gasteiger partial charge in [-0.3, -0.25) is 20.2 Å². The number of fused-ring (bicyclic) bond motifs is 1. The van der Waals surface area contributed by atoms with Crippen molar-refractivity contribution in [3.63, 3.8) is 0 Å². The molecule has 8 heteroatoms. The first-order chi connectivity index (χ1) is 11.4. The molecule has 0 bridgehead atoms. The Morgan fingerprint density at radius 2 is 2.12 bits per heavy atom. The third-order valence-electron chi connectivity index (χ3n) is 3.66. The highest BCUT2D eigenvalue weighted by Gasteiger charge is 2.29. The summed E-state index contributed by atoms with van der Waals surface area (Å²) in [5, 5.41) is 10.3. The lowest BCUT2D eigenvalue weighted by molar-refractivity contribution is -0.118. The summed E-state index contributed by atoms with van der Waals surface area (Å²) >= 11 is 5.92. The van der Waals surface area contributed by atoms with Crippen molar-refractivity contribution in [1.29, 1.82) is 0 Å². The molecule has 0 spiro atoms. The largest absolute Gasteiger partial charge is 0.295 e. The van der Waals surface area contributed by atoms with Crippen molar-refractivity contribution in [2.24, 2.45) is 5.92 Å². The van der Waals surface area contributed by atoms with Gasteiger partial charge in [0, 0.05) is 11.4 Å². The topological polar surface area (TPSA) is 88.9 Å². The highest BCUT2D eigenvalue weighted by Crippen LogP contribution is 2.30. The molecule has 7 nitrogen and oxygen atoms in total. The number of hydrogen-bond donors (Lipinski definition) is 2. The highest BCUT2D eigenvalue weighted by atomic mass is 35.5. The van der Waals surface area contributed by atoms with Crippen molar-refractivity contribution in [3.8, 4) is 0 Å². The second-order valence-corrected chi connectivity index (χ2v) is 6.61. The van der Waals surface area contributed by atoms with E-state index in [9.17, 15) is 9.59 Å². The molecule has 1 aromatic carbocycles. The number of anilines is 2. The van der Waals surface area contributed by atoms with Crippen LogP contribution < -0.4 is 10.6 Å². The number of carbonyl (C=O) groups is 2. The number of hydrogen-bond acceptors (Lipinski definition) is 4. The van der Waals surface area contributed by atoms with Crippen LogP contribution in [0.1, 0.15) is 38.3 Å². The Morgan fingerprint density at radius 1 is 1.42 bits per heavy atom. The smallest absolute Gasteiger partial charge is 0.250 e. The average molecular weight is 348 g/mol. The van der Waals surface area contributed by atoms with Gasteiger partial charge in [0.05, 0.1) is 12.5 Å². The zero-order chi connectivity index (χ0) is 17.3. The molecule has 0 aliphatic carbocycles. The average Bonchev–Trinajstić information content (AvgIpc) is 2.88. The van der Waals surface area contributed by atoms with E-state index in [0.717, 1.165) is 5.56 Å². The van der Waals surface area contributed by atoms with Crippen LogP contribution in [-0.4, -0.2) is 26.6 Å². The van der Waals surface area contributed by atoms with Gasteiger partial charge in [-0.15, -0.1) is 5.10 Å². The summed E-state index contributed by atoms with van der Waals surface area (Å²) in [6.45, 7) is 3.92. The number of benzene rings is 1. The predicted octanol–water partition coefficient (Wildman–Crippen LogP) is 2.85. The first-order valence-electron chi connectivity index (χ1n) is 7.74. The van der Waals surface area contributed by atoms with Crippen LogP contribution in [0.4, 0.5) is 11.9 Å². The maximum Gasteiger partial charge on any atom is 0.250 e. The summed E-state index contributed by atoms with van der Waals surface area (Å²) in [5.41, 5.74) is 0.903. The molecule has 2 heterocycles. The van der Waals surface area contributed by atoms with E-state index >= 15 is 0 Å². The summed E-state index contributed by atoms with van der Waals surface area (Å²) in [6.07, 6.45) is 0.633. The molecule has 0 saturated heterocycles. The molecule has 1 atom stereocenters. The van der Waals surface area contributed by atoms with E-state index < -0.39 is 0 Å². The standard InChI is InChI=1S/C16H18ClN5O2/c1-9(2)7-13(23)18-15-20-16-19-14(24)8-12(22(16)21-15)10-3-5-11(17)6-4-10/h3-6,9,12H,7-8H2,1-2H3,(H2,18,19,20,21,23,24)/t12-/m0/s1. The normalized spacial score (nSPS) is 16.7. The van der Waals surface area contributed by atoms with Gasteiger partial charge in [0.15, 0.2) is 0 Å². The zero-order valence-electron chi connectivity index (χ0n) is 13.4. The zero-order valence-corrected chi connectivity index (χ0v) is 14.2. The fourth-order valence-corrected chi connectivity index (χ4v) is 2.73. The van der Waals surface area contributed by atoms with Gasteiger partial charge in [-0.2, -0.15) is 4.98 Å². The predicted molar refractivity (Wildman–Crippen MR) is 90.9 cm³/mol. The van der Waals surface area contributed by atoms with Crippen LogP contribution in [0.3, 0.4) is 0 Å². The van der Waals surface area contributed by atoms with Crippen molar-refractivity contribution in [3.05, 3.63) is 34.9 Å². The number of amides is 2. The van der Waals surface area contributed by atoms with Gasteiger partial charge in [0.25, 0.3) is 5.95 Å². The SMILES string of the molecule is CC(C)CC(=O)Nc1nc2n(n1)[C@H](c1ccc(Cl)cc1)CC(=O)N2. The number of aromatic nitrogens is 3. The fraction of sp³-hybridized carbons (Fsp3) is 0.375. The van der Waals surface area contributed by atoms with Crippen molar-refractivity contribution >= 4 is 35.3 Å². The van der Waals surface area contributed by atoms with Gasteiger partial charge in [0.1, 0.15) is 0 Å². The molecular weight excluding hydrogens is 330 g/mol. The lowest BCUT2D eigenvalue weighted by atomic mass is 10.0. The van der Waals surface area contributed by atoms with E-state index in [2.05, 4.69) is 20.7 Å². The van der Waals surface area contributed by atoms with Gasteiger partial charge < -0.3 is 0 Å². The molecule has 3 rings (SSSR count). The van der Waals surface area contributed by atoms with Crippen LogP contribution >= 0.6 is 11.6 Å². The maximum atomic E-state index is 11.9. The summed E-state index contributed by atoms with van der Waals surface area (Å²) in [7, 11) is 0. The molecule has 2 amide bonds. The minimum absolute atomic E-state index is 0.144. The summed E-state index contributed by atoms with van der Waals surface area (Å²) < 4.78 is 1.62. The molecule has 1 aromatic heterocycles. The second-order valence-electron chi connectivity index (χ2n) is 6.17. The minimum Gasteiger partial charge on any atom is -0.295 e. The van der Waals surface area contributed by atoms with Crippen molar-refractivity contribution in [2.45, 2.75) is 32.7 Å². The fourth-order valence-electron chi connectivity index (χ4n) is 2.61. The molecule has 0 saturated carbocycles. The van der Waals surface area contributed by atoms with Crippen LogP contribution in [0.5, 0.6) is 0 Å². The molecule has 126 valence electrons. The third-order valence-corrected chi connectivity index (χ3v) is 3.91. The Morgan fingerprint density at radius 3 is 2.79 bits per heavy atom. The lowest BCUT2D eigenvalue weighted by Gasteiger charge is -2.23. The van der Waals surface area contributed by atoms with Crippen LogP contribution in [0, 0.1) is 5.92 Å². The van der Waals surface area contributed by atoms with Gasteiger partial charge >= 0.3 is 0 Å². The van der Waals surface area contributed by atoms with Gasteiger partial charge in [-0.1, -0.05) is 37.6 Å². The van der Waals surface area contributed by atoms with Crippen LogP contribution in [0.2, 0.25) is 5.02 Å². The van der Waals surface area contributed by atoms with Crippen LogP contribution in [0.25, 0.3) is 0 Å². The number of carbonyl (C=O) groups excluding carboxylic acids is 2. The van der Waals surface area contributed by atoms with Crippen LogP contribution in [0.15, 0.2) is 24.3 Å². The molecule has 2 N–H and O–H groups in total. The third kappa shape index (κ3) is 3.56. The Kier molecular flexibility index (Phi) is 4.53. The molecule has 24 heavy (non-hydrogen) atoms. The van der Waals surface area contributed by atoms with E-state index in [0.29, 0.717) is 17.4 Å². The van der Waals surface area contributed by atoms with Gasteiger partial charge in [-0.05, 0) is 23.6 Å². The van der Waals surface area contributed by atoms with Crippen molar-refractivity contribution in [2.75, 3.05) is 10.6 Å². The Balaban J connectivity index is 1.87. The Bertz CT molecular complexity index is 769. The van der Waals surface area contributed by atoms with Gasteiger partial charge in [0.2, 0.25) is 17.8 Å². The summed E-state index contributed by atoms with van der Waals surface area (Å²) in [5.74, 6) is 0.462. The Labute approximate surface area is 144 Å². The summed E-state index contributed by atoms with van der Waals surface area (Å²) in [4.78, 5) is 28.0. The Hall–Kier alpha value is -2.41. The maximum absolute atomic E-state index is 11.9. The number of nitrogens with one attached hydrogen (secondary N) is 2. The molecule has 0 radical (unpaired) electrons. The van der Waals surface area contributed by atoms with Gasteiger partial charge in [-0.25, -0.2) is 4.68 Å². The van der Waals surface area contributed by atoms with E-state index in [1.165, 1.54) is 0 Å². The minimum atomic E-state index is -0.283. The molecule has 0 unspecified atom stereocenters. The number of rotatable bonds is 4. The first-order valence-corrected chi connectivity index (χ1v) is 8.12. The molecule has 0 fully saturated rings. The highest BCUT2D eigenvalue weighted by molar-refractivity contribution is 6.30. The molecule has 1 aliphatic heterocycles. The number of halogens is 1. The van der Waals surface area contributed by atoms with E-state index in [-0.39, 0.29) is 36.1 Å². The van der Waals surface area contributed by atoms with Crippen molar-refractivity contribution < 1.29 is 9.59 Å². The molecular formula is C16H18ClN5O2. The quantitative estimate of drug-likeness (QED) is 0.890. The van der Waals surface area contributed by atoms with E-state index in [4.69, 9.17) is 11.6 Å². The van der Waals surface area contributed by atoms with Crippen LogP contribution in [-0.2, 0) is 9.59 Å². The second kappa shape index (κ2) is 6.60. The van der Waals surface area contributed by atoms with E-state index in [1.807, 2.05) is 26.0 Å². The molecule has 2 aromatic rings. The lowest BCUT2D eigenvalue weighted by Crippen LogP contribution is -2.29. The number of nitrogens with zero attached hydrogens (tertiary/aromatic N) is 3. The monoisotopic (exact) mass is 347 g/mol. The molecule has 1 aliphatic rings. The first kappa shape index (κ1) is 16.4. The van der Waals surface area contributed by atoms with Crippen molar-refractivity contribution in [1.82, 2.24) is 14.8 Å².